The molecule has 186 valence electrons. The summed E-state index contributed by atoms with van der Waals surface area (Å²) in [7, 11) is 0. The molecule has 3 aromatic rings. The number of benzene rings is 2. The Morgan fingerprint density at radius 2 is 2.08 bits per heavy atom. The maximum atomic E-state index is 13.2. The van der Waals surface area contributed by atoms with Crippen LogP contribution in [-0.2, 0) is 6.54 Å². The van der Waals surface area contributed by atoms with Crippen LogP contribution in [0.1, 0.15) is 22.3 Å². The van der Waals surface area contributed by atoms with Crippen LogP contribution in [0.3, 0.4) is 0 Å². The molecule has 2 aromatic carbocycles. The monoisotopic (exact) mass is 513 g/mol. The highest BCUT2D eigenvalue weighted by atomic mass is 35.5. The Hall–Kier alpha value is -3.70. The quantitative estimate of drug-likeness (QED) is 0.376. The third-order valence-electron chi connectivity index (χ3n) is 6.63. The number of aromatic nitrogens is 2. The Kier molecular flexibility index (Phi) is 5.73. The minimum atomic E-state index is -2.99. The second-order valence-corrected chi connectivity index (χ2v) is 9.28. The third-order valence-corrected chi connectivity index (χ3v) is 6.91. The first-order valence-electron chi connectivity index (χ1n) is 11.5. The smallest absolute Gasteiger partial charge is 0.387 e. The van der Waals surface area contributed by atoms with Crippen molar-refractivity contribution in [3.8, 4) is 5.75 Å². The summed E-state index contributed by atoms with van der Waals surface area (Å²) in [5.74, 6) is 0.183. The molecule has 0 saturated carbocycles. The summed E-state index contributed by atoms with van der Waals surface area (Å²) in [4.78, 5) is 23.0. The first-order chi connectivity index (χ1) is 17.4. The molecule has 0 spiro atoms. The Morgan fingerprint density at radius 1 is 1.19 bits per heavy atom. The fourth-order valence-electron chi connectivity index (χ4n) is 5.01. The average Bonchev–Trinajstić information content (AvgIpc) is 3.59. The number of halogens is 3. The maximum Gasteiger partial charge on any atom is 0.387 e. The van der Waals surface area contributed by atoms with Gasteiger partial charge in [0.15, 0.2) is 11.6 Å². The highest BCUT2D eigenvalue weighted by Gasteiger charge is 2.37. The van der Waals surface area contributed by atoms with E-state index in [0.29, 0.717) is 29.9 Å². The number of ether oxygens (including phenoxy) is 1. The largest absolute Gasteiger partial charge is 0.433 e. The summed E-state index contributed by atoms with van der Waals surface area (Å²) in [6.45, 7) is -0.850. The molecule has 9 nitrogen and oxygen atoms in total. The Balaban J connectivity index is 1.27. The number of rotatable bonds is 7. The Labute approximate surface area is 210 Å². The number of carbonyl (C=O) groups is 1. The van der Waals surface area contributed by atoms with Crippen molar-refractivity contribution in [2.75, 3.05) is 28.6 Å². The Morgan fingerprint density at radius 3 is 2.86 bits per heavy atom. The molecule has 2 fully saturated rings. The molecule has 6 rings (SSSR count). The molecule has 1 aromatic heterocycles. The van der Waals surface area contributed by atoms with E-state index < -0.39 is 6.61 Å². The van der Waals surface area contributed by atoms with Crippen molar-refractivity contribution in [2.45, 2.75) is 31.7 Å². The zero-order chi connectivity index (χ0) is 24.8. The van der Waals surface area contributed by atoms with E-state index in [2.05, 4.69) is 36.1 Å². The second-order valence-electron chi connectivity index (χ2n) is 8.87. The van der Waals surface area contributed by atoms with Crippen LogP contribution in [0.5, 0.6) is 5.75 Å². The number of anilines is 5. The van der Waals surface area contributed by atoms with Gasteiger partial charge in [-0.1, -0.05) is 23.7 Å². The van der Waals surface area contributed by atoms with E-state index >= 15 is 0 Å². The number of carbonyl (C=O) groups excluding carboxylic acids is 1. The number of fused-ring (bicyclic) bond motifs is 3. The lowest BCUT2D eigenvalue weighted by molar-refractivity contribution is -0.0493. The summed E-state index contributed by atoms with van der Waals surface area (Å²) < 4.78 is 31.3. The number of alkyl halides is 2. The molecule has 0 aliphatic carbocycles. The summed E-state index contributed by atoms with van der Waals surface area (Å²) in [6.07, 6.45) is 2.42. The van der Waals surface area contributed by atoms with E-state index in [9.17, 15) is 13.6 Å². The lowest BCUT2D eigenvalue weighted by Gasteiger charge is -2.30. The van der Waals surface area contributed by atoms with Gasteiger partial charge in [0.05, 0.1) is 23.1 Å². The van der Waals surface area contributed by atoms with Gasteiger partial charge in [0.1, 0.15) is 5.02 Å². The standard InChI is InChI=1S/C24H22ClF2N7O2/c25-16-10-30-24(33-21(16)31-18-3-1-2-12-8-29-22(35)20(12)18)32-17-5-4-14(7-19(17)36-23(26)27)34-11-13-6-15(34)9-28-13/h1-5,7,10,13,15,23,28H,6,8-9,11H2,(H,29,35)(H2,30,31,32,33)/t13-,15-/m0/s1. The topological polar surface area (TPSA) is 103 Å². The van der Waals surface area contributed by atoms with Crippen LogP contribution in [0.25, 0.3) is 0 Å². The van der Waals surface area contributed by atoms with Crippen molar-refractivity contribution in [3.05, 3.63) is 58.7 Å². The van der Waals surface area contributed by atoms with Crippen molar-refractivity contribution in [3.63, 3.8) is 0 Å². The molecule has 2 saturated heterocycles. The van der Waals surface area contributed by atoms with Crippen molar-refractivity contribution < 1.29 is 18.3 Å². The summed E-state index contributed by atoms with van der Waals surface area (Å²) in [5.41, 5.74) is 3.05. The number of piperazine rings is 1. The van der Waals surface area contributed by atoms with Crippen LogP contribution < -0.4 is 30.9 Å². The normalized spacial score (nSPS) is 20.0. The van der Waals surface area contributed by atoms with Crippen LogP contribution in [0.2, 0.25) is 5.02 Å². The fourth-order valence-corrected chi connectivity index (χ4v) is 5.15. The van der Waals surface area contributed by atoms with Crippen LogP contribution in [0, 0.1) is 0 Å². The van der Waals surface area contributed by atoms with Crippen molar-refractivity contribution in [1.82, 2.24) is 20.6 Å². The van der Waals surface area contributed by atoms with Crippen molar-refractivity contribution >= 4 is 46.3 Å². The predicted molar refractivity (Wildman–Crippen MR) is 132 cm³/mol. The second kappa shape index (κ2) is 9.07. The predicted octanol–water partition coefficient (Wildman–Crippen LogP) is 4.01. The van der Waals surface area contributed by atoms with Gasteiger partial charge in [-0.2, -0.15) is 13.8 Å². The molecular weight excluding hydrogens is 492 g/mol. The van der Waals surface area contributed by atoms with Crippen LogP contribution in [0.15, 0.2) is 42.6 Å². The molecular formula is C24H22ClF2N7O2. The molecule has 0 unspecified atom stereocenters. The molecule has 4 N–H and O–H groups in total. The van der Waals surface area contributed by atoms with Crippen molar-refractivity contribution in [1.29, 1.82) is 0 Å². The molecule has 2 atom stereocenters. The maximum absolute atomic E-state index is 13.2. The fraction of sp³-hybridized carbons (Fsp3) is 0.292. The minimum absolute atomic E-state index is 0.0103. The third kappa shape index (κ3) is 4.24. The molecule has 3 aliphatic heterocycles. The first-order valence-corrected chi connectivity index (χ1v) is 11.9. The highest BCUT2D eigenvalue weighted by molar-refractivity contribution is 6.33. The summed E-state index contributed by atoms with van der Waals surface area (Å²) >= 11 is 6.31. The van der Waals surface area contributed by atoms with E-state index in [-0.39, 0.29) is 34.1 Å². The average molecular weight is 514 g/mol. The number of hydrogen-bond donors (Lipinski definition) is 4. The van der Waals surface area contributed by atoms with E-state index in [1.54, 1.807) is 18.2 Å². The van der Waals surface area contributed by atoms with Crippen molar-refractivity contribution in [2.24, 2.45) is 0 Å². The number of hydrogen-bond acceptors (Lipinski definition) is 8. The SMILES string of the molecule is O=C1NCc2cccc(Nc3nc(Nc4ccc(N5C[C@@H]6C[C@H]5CN6)cc4OC(F)F)ncc3Cl)c21. The minimum Gasteiger partial charge on any atom is -0.433 e. The van der Waals surface area contributed by atoms with Gasteiger partial charge in [0, 0.05) is 43.5 Å². The van der Waals surface area contributed by atoms with E-state index in [1.165, 1.54) is 6.20 Å². The molecule has 36 heavy (non-hydrogen) atoms. The zero-order valence-electron chi connectivity index (χ0n) is 18.9. The molecule has 4 heterocycles. The summed E-state index contributed by atoms with van der Waals surface area (Å²) in [6, 6.07) is 11.3. The van der Waals surface area contributed by atoms with Gasteiger partial charge >= 0.3 is 6.61 Å². The van der Waals surface area contributed by atoms with Gasteiger partial charge in [-0.25, -0.2) is 4.98 Å². The summed E-state index contributed by atoms with van der Waals surface area (Å²) in [5, 5.41) is 12.5. The molecule has 1 amide bonds. The van der Waals surface area contributed by atoms with Crippen LogP contribution >= 0.6 is 11.6 Å². The van der Waals surface area contributed by atoms with Gasteiger partial charge in [0.2, 0.25) is 5.95 Å². The number of amides is 1. The van der Waals surface area contributed by atoms with Gasteiger partial charge in [-0.15, -0.1) is 0 Å². The molecule has 0 radical (unpaired) electrons. The molecule has 12 heteroatoms. The highest BCUT2D eigenvalue weighted by Crippen LogP contribution is 2.37. The van der Waals surface area contributed by atoms with E-state index in [4.69, 9.17) is 16.3 Å². The molecule has 3 aliphatic rings. The zero-order valence-corrected chi connectivity index (χ0v) is 19.6. The van der Waals surface area contributed by atoms with Crippen LogP contribution in [0.4, 0.5) is 37.6 Å². The van der Waals surface area contributed by atoms with Gasteiger partial charge in [-0.3, -0.25) is 4.79 Å². The van der Waals surface area contributed by atoms with E-state index in [0.717, 1.165) is 30.8 Å². The lowest BCUT2D eigenvalue weighted by atomic mass is 10.1. The first kappa shape index (κ1) is 22.7. The number of nitrogens with zero attached hydrogens (tertiary/aromatic N) is 3. The van der Waals surface area contributed by atoms with Gasteiger partial charge < -0.3 is 30.9 Å². The van der Waals surface area contributed by atoms with Crippen LogP contribution in [-0.4, -0.2) is 47.7 Å². The lowest BCUT2D eigenvalue weighted by Crippen LogP contribution is -2.43. The van der Waals surface area contributed by atoms with E-state index in [1.807, 2.05) is 18.2 Å². The van der Waals surface area contributed by atoms with Gasteiger partial charge in [-0.05, 0) is 30.2 Å². The Bertz CT molecular complexity index is 1340. The van der Waals surface area contributed by atoms with Gasteiger partial charge in [0.25, 0.3) is 5.91 Å². The molecule has 2 bridgehead atoms. The number of nitrogens with one attached hydrogen (secondary N) is 4.